The summed E-state index contributed by atoms with van der Waals surface area (Å²) in [6.07, 6.45) is -0.175. The smallest absolute Gasteiger partial charge is 0.337 e. The molecule has 33 heavy (non-hydrogen) atoms. The van der Waals surface area contributed by atoms with Crippen LogP contribution in [0, 0.1) is 18.8 Å². The number of carbonyl (C=O) groups is 4. The fourth-order valence-electron chi connectivity index (χ4n) is 3.74. The van der Waals surface area contributed by atoms with Crippen molar-refractivity contribution >= 4 is 29.4 Å². The number of hydrazine groups is 1. The molecule has 176 valence electrons. The second-order valence-corrected chi connectivity index (χ2v) is 8.47. The van der Waals surface area contributed by atoms with E-state index in [1.807, 2.05) is 39.0 Å². The van der Waals surface area contributed by atoms with E-state index in [9.17, 15) is 29.4 Å². The third kappa shape index (κ3) is 6.65. The number of amides is 2. The predicted octanol–water partition coefficient (Wildman–Crippen LogP) is 4.00. The number of rotatable bonds is 9. The minimum atomic E-state index is -1.27. The van der Waals surface area contributed by atoms with Crippen molar-refractivity contribution in [3.8, 4) is 0 Å². The second-order valence-electron chi connectivity index (χ2n) is 8.47. The van der Waals surface area contributed by atoms with E-state index in [4.69, 9.17) is 0 Å². The van der Waals surface area contributed by atoms with Crippen molar-refractivity contribution in [3.05, 3.63) is 65.2 Å². The number of aryl methyl sites for hydroxylation is 1. The van der Waals surface area contributed by atoms with Crippen LogP contribution < -0.4 is 10.4 Å². The Labute approximate surface area is 193 Å². The zero-order valence-electron chi connectivity index (χ0n) is 19.2. The molecule has 0 aliphatic rings. The number of hydrogen-bond acceptors (Lipinski definition) is 4. The molecule has 2 rings (SSSR count). The molecule has 2 aromatic rings. The molecule has 0 radical (unpaired) electrons. The minimum Gasteiger partial charge on any atom is -0.481 e. The number of carboxylic acids is 2. The molecule has 2 amide bonds. The monoisotopic (exact) mass is 454 g/mol. The normalized spacial score (nSPS) is 12.6. The van der Waals surface area contributed by atoms with Gasteiger partial charge in [-0.15, -0.1) is 0 Å². The maximum atomic E-state index is 13.5. The van der Waals surface area contributed by atoms with E-state index >= 15 is 0 Å². The molecule has 0 aliphatic heterocycles. The van der Waals surface area contributed by atoms with Crippen molar-refractivity contribution in [2.24, 2.45) is 11.8 Å². The van der Waals surface area contributed by atoms with Crippen LogP contribution in [0.4, 0.5) is 5.69 Å². The Hall–Kier alpha value is -3.68. The van der Waals surface area contributed by atoms with Gasteiger partial charge in [-0.25, -0.2) is 9.80 Å². The van der Waals surface area contributed by atoms with Gasteiger partial charge >= 0.3 is 11.9 Å². The maximum Gasteiger partial charge on any atom is 0.337 e. The van der Waals surface area contributed by atoms with Crippen molar-refractivity contribution < 1.29 is 29.4 Å². The molecule has 3 N–H and O–H groups in total. The average molecular weight is 455 g/mol. The van der Waals surface area contributed by atoms with Gasteiger partial charge in [0.15, 0.2) is 0 Å². The van der Waals surface area contributed by atoms with Crippen molar-refractivity contribution in [3.63, 3.8) is 0 Å². The molecule has 0 saturated heterocycles. The van der Waals surface area contributed by atoms with E-state index in [1.54, 1.807) is 19.1 Å². The van der Waals surface area contributed by atoms with Crippen molar-refractivity contribution in [1.29, 1.82) is 0 Å². The molecular weight excluding hydrogens is 424 g/mol. The summed E-state index contributed by atoms with van der Waals surface area (Å²) in [6, 6.07) is 13.1. The van der Waals surface area contributed by atoms with Crippen LogP contribution in [0.15, 0.2) is 48.5 Å². The van der Waals surface area contributed by atoms with Crippen molar-refractivity contribution in [2.45, 2.75) is 46.5 Å². The van der Waals surface area contributed by atoms with E-state index in [-0.39, 0.29) is 23.6 Å². The van der Waals surface area contributed by atoms with Crippen LogP contribution in [0.2, 0.25) is 0 Å². The fourth-order valence-corrected chi connectivity index (χ4v) is 3.74. The molecule has 0 spiro atoms. The quantitative estimate of drug-likeness (QED) is 0.492. The number of anilines is 1. The molecule has 2 aromatic carbocycles. The highest BCUT2D eigenvalue weighted by atomic mass is 16.4. The highest BCUT2D eigenvalue weighted by Gasteiger charge is 2.32. The Kier molecular flexibility index (Phi) is 8.73. The third-order valence-electron chi connectivity index (χ3n) is 5.39. The molecule has 0 saturated carbocycles. The molecule has 0 fully saturated rings. The summed E-state index contributed by atoms with van der Waals surface area (Å²) in [4.78, 5) is 49.9. The first-order chi connectivity index (χ1) is 15.5. The number of nitrogens with zero attached hydrogens (tertiary/aromatic N) is 1. The van der Waals surface area contributed by atoms with Gasteiger partial charge in [0.1, 0.15) is 0 Å². The molecule has 8 nitrogen and oxygen atoms in total. The van der Waals surface area contributed by atoms with Gasteiger partial charge in [-0.05, 0) is 49.4 Å². The topological polar surface area (TPSA) is 124 Å². The number of aliphatic carboxylic acids is 1. The number of nitrogens with one attached hydrogen (secondary N) is 1. The lowest BCUT2D eigenvalue weighted by molar-refractivity contribution is -0.141. The first kappa shape index (κ1) is 25.6. The Bertz CT molecular complexity index is 1030. The number of carboxylic acid groups (broad SMARTS) is 2. The number of hydrogen-bond donors (Lipinski definition) is 3. The second kappa shape index (κ2) is 11.3. The van der Waals surface area contributed by atoms with Gasteiger partial charge < -0.3 is 10.2 Å². The molecule has 8 heteroatoms. The Morgan fingerprint density at radius 3 is 2.12 bits per heavy atom. The van der Waals surface area contributed by atoms with Gasteiger partial charge in [-0.2, -0.15) is 0 Å². The lowest BCUT2D eigenvalue weighted by atomic mass is 9.92. The highest BCUT2D eigenvalue weighted by Crippen LogP contribution is 2.26. The van der Waals surface area contributed by atoms with Crippen LogP contribution >= 0.6 is 0 Å². The maximum absolute atomic E-state index is 13.5. The summed E-state index contributed by atoms with van der Waals surface area (Å²) in [5.74, 6) is -5.19. The lowest BCUT2D eigenvalue weighted by Crippen LogP contribution is -2.51. The highest BCUT2D eigenvalue weighted by molar-refractivity contribution is 6.05. The summed E-state index contributed by atoms with van der Waals surface area (Å²) in [5, 5.41) is 19.9. The minimum absolute atomic E-state index is 0.0106. The molecule has 0 aliphatic carbocycles. The number of carbonyl (C=O) groups excluding carboxylic acids is 2. The SMILES string of the molecule is Cc1ccccc1C(C)C(=O)NN(C(=O)C(CC(=O)O)CC(C)C)c1ccccc1C(=O)O. The van der Waals surface area contributed by atoms with E-state index in [0.29, 0.717) is 0 Å². The number of aromatic carboxylic acids is 1. The van der Waals surface area contributed by atoms with Gasteiger partial charge in [0.25, 0.3) is 0 Å². The first-order valence-electron chi connectivity index (χ1n) is 10.8. The third-order valence-corrected chi connectivity index (χ3v) is 5.39. The van der Waals surface area contributed by atoms with Crippen LogP contribution in [-0.4, -0.2) is 34.0 Å². The van der Waals surface area contributed by atoms with Crippen molar-refractivity contribution in [1.82, 2.24) is 5.43 Å². The van der Waals surface area contributed by atoms with Gasteiger partial charge in [-0.1, -0.05) is 50.2 Å². The van der Waals surface area contributed by atoms with E-state index < -0.39 is 42.0 Å². The predicted molar refractivity (Wildman–Crippen MR) is 124 cm³/mol. The molecule has 0 heterocycles. The summed E-state index contributed by atoms with van der Waals surface area (Å²) in [6.45, 7) is 7.27. The van der Waals surface area contributed by atoms with Crippen molar-refractivity contribution in [2.75, 3.05) is 5.01 Å². The van der Waals surface area contributed by atoms with E-state index in [2.05, 4.69) is 5.43 Å². The summed E-state index contributed by atoms with van der Waals surface area (Å²) < 4.78 is 0. The molecule has 2 unspecified atom stereocenters. The summed E-state index contributed by atoms with van der Waals surface area (Å²) >= 11 is 0. The summed E-state index contributed by atoms with van der Waals surface area (Å²) in [5.41, 5.74) is 4.01. The Balaban J connectivity index is 2.50. The molecule has 0 bridgehead atoms. The molecular formula is C25H30N2O6. The van der Waals surface area contributed by atoms with Crippen LogP contribution in [0.25, 0.3) is 0 Å². The van der Waals surface area contributed by atoms with Gasteiger partial charge in [0.2, 0.25) is 11.8 Å². The lowest BCUT2D eigenvalue weighted by Gasteiger charge is -2.30. The van der Waals surface area contributed by atoms with Crippen LogP contribution in [0.5, 0.6) is 0 Å². The van der Waals surface area contributed by atoms with Gasteiger partial charge in [-0.3, -0.25) is 19.8 Å². The van der Waals surface area contributed by atoms with Crippen LogP contribution in [-0.2, 0) is 14.4 Å². The number of para-hydroxylation sites is 1. The largest absolute Gasteiger partial charge is 0.481 e. The Morgan fingerprint density at radius 2 is 1.55 bits per heavy atom. The Morgan fingerprint density at radius 1 is 0.939 bits per heavy atom. The standard InChI is InChI=1S/C25H30N2O6/c1-15(2)13-18(14-22(28)29)24(31)27(21-12-8-7-11-20(21)25(32)33)26-23(30)17(4)19-10-6-5-9-16(19)3/h5-12,15,17-18H,13-14H2,1-4H3,(H,26,30)(H,28,29)(H,32,33). The first-order valence-corrected chi connectivity index (χ1v) is 10.8. The zero-order valence-corrected chi connectivity index (χ0v) is 19.2. The average Bonchev–Trinajstić information content (AvgIpc) is 2.75. The van der Waals surface area contributed by atoms with Crippen LogP contribution in [0.1, 0.15) is 61.0 Å². The van der Waals surface area contributed by atoms with E-state index in [0.717, 1.165) is 16.1 Å². The fraction of sp³-hybridized carbons (Fsp3) is 0.360. The van der Waals surface area contributed by atoms with E-state index in [1.165, 1.54) is 18.2 Å². The summed E-state index contributed by atoms with van der Waals surface area (Å²) in [7, 11) is 0. The van der Waals surface area contributed by atoms with Crippen LogP contribution in [0.3, 0.4) is 0 Å². The zero-order chi connectivity index (χ0) is 24.7. The molecule has 2 atom stereocenters. The van der Waals surface area contributed by atoms with Gasteiger partial charge in [0.05, 0.1) is 29.5 Å². The van der Waals surface area contributed by atoms with Gasteiger partial charge in [0, 0.05) is 0 Å². The molecule has 0 aromatic heterocycles. The number of benzene rings is 2.